The first-order valence-electron chi connectivity index (χ1n) is 5.18. The summed E-state index contributed by atoms with van der Waals surface area (Å²) in [6.07, 6.45) is 0. The van der Waals surface area contributed by atoms with Crippen LogP contribution in [0.4, 0.5) is 0 Å². The number of ether oxygens (including phenoxy) is 2. The molecule has 0 spiro atoms. The number of hydrogen-bond acceptors (Lipinski definition) is 4. The minimum Gasteiger partial charge on any atom is -0.383 e. The maximum absolute atomic E-state index is 12.0. The average molecular weight is 228 g/mol. The van der Waals surface area contributed by atoms with Gasteiger partial charge in [0.2, 0.25) is 5.91 Å². The van der Waals surface area contributed by atoms with Crippen molar-refractivity contribution in [2.45, 2.75) is 13.8 Å². The molecule has 16 heavy (non-hydrogen) atoms. The highest BCUT2D eigenvalue weighted by molar-refractivity contribution is 5.84. The standard InChI is InChI=1S/C11H20N2O3/c1-11(2,9-12)10(14)13(5-7-15-3)6-8-16-4/h5-8H2,1-4H3. The molecule has 0 heterocycles. The SMILES string of the molecule is COCCN(CCOC)C(=O)C(C)(C)C#N. The van der Waals surface area contributed by atoms with Crippen molar-refractivity contribution in [3.8, 4) is 6.07 Å². The molecule has 0 bridgehead atoms. The molecule has 0 aromatic rings. The summed E-state index contributed by atoms with van der Waals surface area (Å²) in [5, 5.41) is 8.90. The summed E-state index contributed by atoms with van der Waals surface area (Å²) in [4.78, 5) is 13.6. The molecule has 0 rings (SSSR count). The van der Waals surface area contributed by atoms with Crippen molar-refractivity contribution in [1.82, 2.24) is 4.90 Å². The maximum Gasteiger partial charge on any atom is 0.242 e. The van der Waals surface area contributed by atoms with Gasteiger partial charge in [0.25, 0.3) is 0 Å². The summed E-state index contributed by atoms with van der Waals surface area (Å²) in [5.74, 6) is -0.191. The number of carbonyl (C=O) groups excluding carboxylic acids is 1. The Morgan fingerprint density at radius 2 is 1.69 bits per heavy atom. The number of nitriles is 1. The minimum atomic E-state index is -0.999. The van der Waals surface area contributed by atoms with Crippen molar-refractivity contribution in [3.63, 3.8) is 0 Å². The molecule has 0 aromatic heterocycles. The molecule has 5 heteroatoms. The Morgan fingerprint density at radius 1 is 1.25 bits per heavy atom. The van der Waals surface area contributed by atoms with Gasteiger partial charge in [0.15, 0.2) is 0 Å². The zero-order valence-electron chi connectivity index (χ0n) is 10.4. The van der Waals surface area contributed by atoms with Gasteiger partial charge < -0.3 is 14.4 Å². The maximum atomic E-state index is 12.0. The van der Waals surface area contributed by atoms with E-state index in [4.69, 9.17) is 14.7 Å². The van der Waals surface area contributed by atoms with Crippen LogP contribution >= 0.6 is 0 Å². The van der Waals surface area contributed by atoms with Crippen LogP contribution in [0.1, 0.15) is 13.8 Å². The van der Waals surface area contributed by atoms with Gasteiger partial charge in [0.1, 0.15) is 5.41 Å². The monoisotopic (exact) mass is 228 g/mol. The lowest BCUT2D eigenvalue weighted by atomic mass is 9.94. The lowest BCUT2D eigenvalue weighted by Gasteiger charge is -2.27. The van der Waals surface area contributed by atoms with E-state index in [-0.39, 0.29) is 5.91 Å². The zero-order valence-corrected chi connectivity index (χ0v) is 10.4. The minimum absolute atomic E-state index is 0.191. The largest absolute Gasteiger partial charge is 0.383 e. The Bertz CT molecular complexity index is 250. The Hall–Kier alpha value is -1.12. The fraction of sp³-hybridized carbons (Fsp3) is 0.818. The van der Waals surface area contributed by atoms with Crippen LogP contribution in [0, 0.1) is 16.7 Å². The highest BCUT2D eigenvalue weighted by Crippen LogP contribution is 2.17. The third-order valence-electron chi connectivity index (χ3n) is 2.23. The lowest BCUT2D eigenvalue weighted by molar-refractivity contribution is -0.138. The van der Waals surface area contributed by atoms with Crippen molar-refractivity contribution >= 4 is 5.91 Å². The molecule has 0 aliphatic carbocycles. The van der Waals surface area contributed by atoms with Gasteiger partial charge in [-0.1, -0.05) is 0 Å². The molecular weight excluding hydrogens is 208 g/mol. The molecule has 0 unspecified atom stereocenters. The average Bonchev–Trinajstić information content (AvgIpc) is 2.28. The van der Waals surface area contributed by atoms with E-state index >= 15 is 0 Å². The van der Waals surface area contributed by atoms with Gasteiger partial charge >= 0.3 is 0 Å². The van der Waals surface area contributed by atoms with Crippen molar-refractivity contribution in [3.05, 3.63) is 0 Å². The van der Waals surface area contributed by atoms with Crippen LogP contribution in [0.25, 0.3) is 0 Å². The first-order chi connectivity index (χ1) is 7.49. The number of amides is 1. The normalized spacial score (nSPS) is 10.9. The summed E-state index contributed by atoms with van der Waals surface area (Å²) >= 11 is 0. The first kappa shape index (κ1) is 14.9. The highest BCUT2D eigenvalue weighted by atomic mass is 16.5. The highest BCUT2D eigenvalue weighted by Gasteiger charge is 2.31. The summed E-state index contributed by atoms with van der Waals surface area (Å²) in [7, 11) is 3.16. The van der Waals surface area contributed by atoms with Crippen LogP contribution in [-0.4, -0.2) is 51.3 Å². The van der Waals surface area contributed by atoms with Crippen LogP contribution < -0.4 is 0 Å². The van der Waals surface area contributed by atoms with Crippen LogP contribution in [0.2, 0.25) is 0 Å². The number of methoxy groups -OCH3 is 2. The van der Waals surface area contributed by atoms with Gasteiger partial charge in [-0.3, -0.25) is 4.79 Å². The molecule has 0 atom stereocenters. The second-order valence-corrected chi connectivity index (χ2v) is 4.01. The smallest absolute Gasteiger partial charge is 0.242 e. The summed E-state index contributed by atoms with van der Waals surface area (Å²) < 4.78 is 9.86. The van der Waals surface area contributed by atoms with Gasteiger partial charge in [-0.05, 0) is 13.8 Å². The molecule has 5 nitrogen and oxygen atoms in total. The van der Waals surface area contributed by atoms with Crippen LogP contribution in [-0.2, 0) is 14.3 Å². The van der Waals surface area contributed by atoms with Gasteiger partial charge in [-0.2, -0.15) is 5.26 Å². The molecule has 0 N–H and O–H groups in total. The van der Waals surface area contributed by atoms with Crippen molar-refractivity contribution in [2.75, 3.05) is 40.5 Å². The van der Waals surface area contributed by atoms with Crippen molar-refractivity contribution in [2.24, 2.45) is 5.41 Å². The molecule has 0 saturated carbocycles. The predicted octanol–water partition coefficient (Wildman–Crippen LogP) is 0.658. The van der Waals surface area contributed by atoms with Crippen LogP contribution in [0.15, 0.2) is 0 Å². The molecule has 0 aliphatic heterocycles. The second kappa shape index (κ2) is 7.20. The van der Waals surface area contributed by atoms with Gasteiger partial charge in [0, 0.05) is 27.3 Å². The molecule has 0 aliphatic rings. The van der Waals surface area contributed by atoms with Crippen LogP contribution in [0.3, 0.4) is 0 Å². The van der Waals surface area contributed by atoms with E-state index in [1.807, 2.05) is 6.07 Å². The Kier molecular flexibility index (Phi) is 6.70. The quantitative estimate of drug-likeness (QED) is 0.642. The summed E-state index contributed by atoms with van der Waals surface area (Å²) in [6, 6.07) is 2.00. The van der Waals surface area contributed by atoms with E-state index in [2.05, 4.69) is 0 Å². The zero-order chi connectivity index (χ0) is 12.6. The summed E-state index contributed by atoms with van der Waals surface area (Å²) in [5.41, 5.74) is -0.999. The molecule has 1 amide bonds. The van der Waals surface area contributed by atoms with E-state index < -0.39 is 5.41 Å². The van der Waals surface area contributed by atoms with Crippen molar-refractivity contribution in [1.29, 1.82) is 5.26 Å². The van der Waals surface area contributed by atoms with E-state index in [0.717, 1.165) is 0 Å². The predicted molar refractivity (Wildman–Crippen MR) is 59.7 cm³/mol. The van der Waals surface area contributed by atoms with Crippen molar-refractivity contribution < 1.29 is 14.3 Å². The van der Waals surface area contributed by atoms with E-state index in [1.165, 1.54) is 0 Å². The second-order valence-electron chi connectivity index (χ2n) is 4.01. The number of nitrogens with zero attached hydrogens (tertiary/aromatic N) is 2. The number of carbonyl (C=O) groups is 1. The van der Waals surface area contributed by atoms with E-state index in [1.54, 1.807) is 33.0 Å². The fourth-order valence-corrected chi connectivity index (χ4v) is 1.16. The molecule has 0 saturated heterocycles. The fourth-order valence-electron chi connectivity index (χ4n) is 1.16. The van der Waals surface area contributed by atoms with E-state index in [9.17, 15) is 4.79 Å². The first-order valence-corrected chi connectivity index (χ1v) is 5.18. The van der Waals surface area contributed by atoms with E-state index in [0.29, 0.717) is 26.3 Å². The Balaban J connectivity index is 4.49. The molecular formula is C11H20N2O3. The third-order valence-corrected chi connectivity index (χ3v) is 2.23. The lowest BCUT2D eigenvalue weighted by Crippen LogP contribution is -2.43. The topological polar surface area (TPSA) is 62.6 Å². The Morgan fingerprint density at radius 3 is 2.00 bits per heavy atom. The Labute approximate surface area is 96.9 Å². The molecule has 0 fully saturated rings. The van der Waals surface area contributed by atoms with Gasteiger partial charge in [-0.25, -0.2) is 0 Å². The molecule has 0 aromatic carbocycles. The third kappa shape index (κ3) is 4.60. The van der Waals surface area contributed by atoms with Crippen LogP contribution in [0.5, 0.6) is 0 Å². The van der Waals surface area contributed by atoms with Gasteiger partial charge in [0.05, 0.1) is 19.3 Å². The number of rotatable bonds is 7. The number of hydrogen-bond donors (Lipinski definition) is 0. The summed E-state index contributed by atoms with van der Waals surface area (Å²) in [6.45, 7) is 5.09. The van der Waals surface area contributed by atoms with Gasteiger partial charge in [-0.15, -0.1) is 0 Å². The molecule has 0 radical (unpaired) electrons. The molecule has 92 valence electrons.